The Kier molecular flexibility index (Phi) is 9.76. The summed E-state index contributed by atoms with van der Waals surface area (Å²) in [6.07, 6.45) is 2.12. The Morgan fingerprint density at radius 3 is 2.65 bits per heavy atom. The number of nitrogens with zero attached hydrogens (tertiary/aromatic N) is 2. The molecule has 2 rings (SSSR count). The van der Waals surface area contributed by atoms with Gasteiger partial charge in [-0.15, -0.1) is 24.8 Å². The van der Waals surface area contributed by atoms with Gasteiger partial charge in [-0.2, -0.15) is 0 Å². The average molecular weight is 328 g/mol. The van der Waals surface area contributed by atoms with Crippen LogP contribution in [-0.4, -0.2) is 74.2 Å². The zero-order chi connectivity index (χ0) is 13.0. The first-order chi connectivity index (χ1) is 8.72. The molecule has 7 heteroatoms. The normalized spacial score (nSPS) is 26.8. The molecule has 2 atom stereocenters. The smallest absolute Gasteiger partial charge is 0.239 e. The lowest BCUT2D eigenvalue weighted by Gasteiger charge is -2.40. The van der Waals surface area contributed by atoms with E-state index in [2.05, 4.69) is 17.1 Å². The molecule has 2 fully saturated rings. The summed E-state index contributed by atoms with van der Waals surface area (Å²) in [6.45, 7) is 7.57. The van der Waals surface area contributed by atoms with Crippen molar-refractivity contribution in [3.05, 3.63) is 0 Å². The van der Waals surface area contributed by atoms with Crippen molar-refractivity contribution in [3.8, 4) is 0 Å². The van der Waals surface area contributed by atoms with E-state index in [0.717, 1.165) is 52.2 Å². The van der Waals surface area contributed by atoms with Crippen LogP contribution in [0.4, 0.5) is 0 Å². The molecule has 20 heavy (non-hydrogen) atoms. The third-order valence-corrected chi connectivity index (χ3v) is 4.02. The van der Waals surface area contributed by atoms with Crippen molar-refractivity contribution >= 4 is 30.7 Å². The second-order valence-electron chi connectivity index (χ2n) is 5.31. The van der Waals surface area contributed by atoms with Gasteiger partial charge in [-0.25, -0.2) is 0 Å². The van der Waals surface area contributed by atoms with Gasteiger partial charge in [-0.3, -0.25) is 9.69 Å². The van der Waals surface area contributed by atoms with E-state index in [1.54, 1.807) is 7.11 Å². The number of carbonyl (C=O) groups excluding carboxylic acids is 1. The SMILES string of the molecule is COCCN1CCN(C(=O)C2CCCN2)CC1C.Cl.Cl. The van der Waals surface area contributed by atoms with Crippen molar-refractivity contribution in [1.82, 2.24) is 15.1 Å². The van der Waals surface area contributed by atoms with E-state index in [1.165, 1.54) is 0 Å². The molecule has 0 radical (unpaired) electrons. The minimum Gasteiger partial charge on any atom is -0.383 e. The van der Waals surface area contributed by atoms with Crippen LogP contribution in [0.5, 0.6) is 0 Å². The van der Waals surface area contributed by atoms with Crippen LogP contribution < -0.4 is 5.32 Å². The molecule has 2 unspecified atom stereocenters. The topological polar surface area (TPSA) is 44.8 Å². The molecule has 0 bridgehead atoms. The van der Waals surface area contributed by atoms with E-state index < -0.39 is 0 Å². The Bertz CT molecular complexity index is 289. The van der Waals surface area contributed by atoms with Gasteiger partial charge in [0.2, 0.25) is 5.91 Å². The third-order valence-electron chi connectivity index (χ3n) is 4.02. The van der Waals surface area contributed by atoms with Gasteiger partial charge in [0.1, 0.15) is 0 Å². The van der Waals surface area contributed by atoms with Crippen molar-refractivity contribution < 1.29 is 9.53 Å². The maximum absolute atomic E-state index is 12.3. The summed E-state index contributed by atoms with van der Waals surface area (Å²) in [4.78, 5) is 16.7. The Morgan fingerprint density at radius 2 is 2.10 bits per heavy atom. The molecular weight excluding hydrogens is 301 g/mol. The molecule has 0 aromatic rings. The zero-order valence-corrected chi connectivity index (χ0v) is 14.0. The van der Waals surface area contributed by atoms with E-state index in [1.807, 2.05) is 4.90 Å². The molecule has 1 amide bonds. The molecule has 0 aliphatic carbocycles. The molecule has 0 aromatic carbocycles. The van der Waals surface area contributed by atoms with Crippen molar-refractivity contribution in [2.45, 2.75) is 31.8 Å². The summed E-state index contributed by atoms with van der Waals surface area (Å²) in [7, 11) is 1.73. The first-order valence-electron chi connectivity index (χ1n) is 6.97. The lowest BCUT2D eigenvalue weighted by atomic mass is 10.1. The molecule has 2 heterocycles. The second kappa shape index (κ2) is 9.79. The quantitative estimate of drug-likeness (QED) is 0.828. The minimum atomic E-state index is 0. The standard InChI is InChI=1S/C13H25N3O2.2ClH/c1-11-10-16(7-6-15(11)8-9-18-2)13(17)12-4-3-5-14-12;;/h11-12,14H,3-10H2,1-2H3;2*1H. The van der Waals surface area contributed by atoms with Crippen molar-refractivity contribution in [2.24, 2.45) is 0 Å². The van der Waals surface area contributed by atoms with Crippen molar-refractivity contribution in [1.29, 1.82) is 0 Å². The number of methoxy groups -OCH3 is 1. The molecule has 2 saturated heterocycles. The average Bonchev–Trinajstić information content (AvgIpc) is 2.90. The second-order valence-corrected chi connectivity index (χ2v) is 5.31. The number of carbonyl (C=O) groups is 1. The largest absolute Gasteiger partial charge is 0.383 e. The van der Waals surface area contributed by atoms with Gasteiger partial charge in [0.15, 0.2) is 0 Å². The predicted molar refractivity (Wildman–Crippen MR) is 85.0 cm³/mol. The number of piperazine rings is 1. The summed E-state index contributed by atoms with van der Waals surface area (Å²) in [5.41, 5.74) is 0. The molecule has 0 aromatic heterocycles. The molecule has 120 valence electrons. The van der Waals surface area contributed by atoms with Crippen LogP contribution in [0, 0.1) is 0 Å². The summed E-state index contributed by atoms with van der Waals surface area (Å²) < 4.78 is 5.12. The van der Waals surface area contributed by atoms with Crippen LogP contribution in [0.3, 0.4) is 0 Å². The van der Waals surface area contributed by atoms with Crippen LogP contribution in [0.25, 0.3) is 0 Å². The van der Waals surface area contributed by atoms with Crippen LogP contribution in [0.1, 0.15) is 19.8 Å². The number of hydrogen-bond acceptors (Lipinski definition) is 4. The van der Waals surface area contributed by atoms with Gasteiger partial charge in [0.25, 0.3) is 0 Å². The first kappa shape index (κ1) is 19.9. The number of amides is 1. The van der Waals surface area contributed by atoms with Crippen molar-refractivity contribution in [2.75, 3.05) is 46.4 Å². The van der Waals surface area contributed by atoms with Gasteiger partial charge in [0.05, 0.1) is 12.6 Å². The van der Waals surface area contributed by atoms with Gasteiger partial charge < -0.3 is 15.0 Å². The number of rotatable bonds is 4. The predicted octanol–water partition coefficient (Wildman–Crippen LogP) is 0.761. The Hall–Kier alpha value is -0.0700. The van der Waals surface area contributed by atoms with E-state index in [4.69, 9.17) is 4.74 Å². The summed E-state index contributed by atoms with van der Waals surface area (Å²) in [5, 5.41) is 3.29. The number of hydrogen-bond donors (Lipinski definition) is 1. The maximum Gasteiger partial charge on any atom is 0.239 e. The van der Waals surface area contributed by atoms with E-state index >= 15 is 0 Å². The fourth-order valence-corrected chi connectivity index (χ4v) is 2.85. The minimum absolute atomic E-state index is 0. The molecule has 0 saturated carbocycles. The van der Waals surface area contributed by atoms with E-state index in [9.17, 15) is 4.79 Å². The monoisotopic (exact) mass is 327 g/mol. The highest BCUT2D eigenvalue weighted by atomic mass is 35.5. The lowest BCUT2D eigenvalue weighted by Crippen LogP contribution is -2.57. The van der Waals surface area contributed by atoms with Gasteiger partial charge in [-0.1, -0.05) is 0 Å². The maximum atomic E-state index is 12.3. The van der Waals surface area contributed by atoms with E-state index in [0.29, 0.717) is 11.9 Å². The molecule has 1 N–H and O–H groups in total. The van der Waals surface area contributed by atoms with Crippen LogP contribution in [-0.2, 0) is 9.53 Å². The van der Waals surface area contributed by atoms with Crippen LogP contribution in [0.15, 0.2) is 0 Å². The Balaban J connectivity index is 0.00000180. The fraction of sp³-hybridized carbons (Fsp3) is 0.923. The van der Waals surface area contributed by atoms with E-state index in [-0.39, 0.29) is 30.9 Å². The lowest BCUT2D eigenvalue weighted by molar-refractivity contribution is -0.136. The van der Waals surface area contributed by atoms with Gasteiger partial charge in [0, 0.05) is 39.3 Å². The molecule has 2 aliphatic rings. The summed E-state index contributed by atoms with van der Waals surface area (Å²) in [5.74, 6) is 0.297. The molecule has 2 aliphatic heterocycles. The molecule has 5 nitrogen and oxygen atoms in total. The van der Waals surface area contributed by atoms with Gasteiger partial charge in [-0.05, 0) is 26.3 Å². The summed E-state index contributed by atoms with van der Waals surface area (Å²) >= 11 is 0. The number of halogens is 2. The van der Waals surface area contributed by atoms with Gasteiger partial charge >= 0.3 is 0 Å². The third kappa shape index (κ3) is 5.04. The fourth-order valence-electron chi connectivity index (χ4n) is 2.85. The number of nitrogens with one attached hydrogen (secondary N) is 1. The Morgan fingerprint density at radius 1 is 1.35 bits per heavy atom. The van der Waals surface area contributed by atoms with Crippen molar-refractivity contribution in [3.63, 3.8) is 0 Å². The van der Waals surface area contributed by atoms with Crippen LogP contribution in [0.2, 0.25) is 0 Å². The number of ether oxygens (including phenoxy) is 1. The van der Waals surface area contributed by atoms with Crippen LogP contribution >= 0.6 is 24.8 Å². The summed E-state index contributed by atoms with van der Waals surface area (Å²) in [6, 6.07) is 0.502. The first-order valence-corrected chi connectivity index (χ1v) is 6.97. The zero-order valence-electron chi connectivity index (χ0n) is 12.3. The molecule has 0 spiro atoms. The highest BCUT2D eigenvalue weighted by Crippen LogP contribution is 2.14. The molecular formula is C13H27Cl2N3O2. The highest BCUT2D eigenvalue weighted by Gasteiger charge is 2.31. The Labute approximate surface area is 134 Å². The highest BCUT2D eigenvalue weighted by molar-refractivity contribution is 5.85.